The molecule has 0 radical (unpaired) electrons. The molecule has 1 aliphatic heterocycles. The van der Waals surface area contributed by atoms with Crippen LogP contribution in [0.3, 0.4) is 0 Å². The smallest absolute Gasteiger partial charge is 0.308 e. The minimum absolute atomic E-state index is 0.0657. The lowest BCUT2D eigenvalue weighted by Gasteiger charge is -2.28. The molecule has 192 valence electrons. The molecule has 0 aromatic heterocycles. The number of hydrogen-bond donors (Lipinski definition) is 5. The molecule has 0 bridgehead atoms. The van der Waals surface area contributed by atoms with Crippen molar-refractivity contribution >= 4 is 23.7 Å². The number of phenolic OH excluding ortho intramolecular Hbond substituents is 1. The quantitative estimate of drug-likeness (QED) is 0.360. The number of rotatable bonds is 5. The van der Waals surface area contributed by atoms with E-state index in [-0.39, 0.29) is 17.7 Å². The average Bonchev–Trinajstić information content (AvgIpc) is 2.85. The van der Waals surface area contributed by atoms with Crippen LogP contribution in [-0.4, -0.2) is 71.9 Å². The Bertz CT molecular complexity index is 1090. The van der Waals surface area contributed by atoms with E-state index >= 15 is 0 Å². The van der Waals surface area contributed by atoms with Crippen LogP contribution in [0.4, 0.5) is 0 Å². The van der Waals surface area contributed by atoms with Gasteiger partial charge < -0.3 is 35.6 Å². The van der Waals surface area contributed by atoms with Gasteiger partial charge in [-0.2, -0.15) is 0 Å². The number of phenols is 1. The number of nitrogens with one attached hydrogen (secondary N) is 3. The van der Waals surface area contributed by atoms with Gasteiger partial charge in [-0.3, -0.25) is 19.2 Å². The van der Waals surface area contributed by atoms with Crippen molar-refractivity contribution in [2.75, 3.05) is 13.7 Å². The number of benzene rings is 2. The van der Waals surface area contributed by atoms with E-state index in [0.29, 0.717) is 11.3 Å². The largest absolute Gasteiger partial charge is 0.508 e. The molecule has 5 N–H and O–H groups in total. The summed E-state index contributed by atoms with van der Waals surface area (Å²) in [6, 6.07) is 10.2. The zero-order valence-corrected chi connectivity index (χ0v) is 19.9. The standard InChI is InChI=1S/C25H29N3O8/c1-14-23(28-24(33)16-5-9-18(35-2)10-6-16)25(34)26-13-21(31)27-19(20(30)12-22(32)36-14)11-15-3-7-17(29)8-4-15/h3-10,14,19-20,23,29-30H,11-13H2,1-2H3,(H,26,34)(H,27,31)(H,28,33)/t14-,19?,20+,23+/m1/s1. The fraction of sp³-hybridized carbons (Fsp3) is 0.360. The van der Waals surface area contributed by atoms with Crippen molar-refractivity contribution in [1.29, 1.82) is 0 Å². The second kappa shape index (κ2) is 12.0. The lowest BCUT2D eigenvalue weighted by atomic mass is 9.98. The minimum atomic E-state index is -1.29. The first-order chi connectivity index (χ1) is 17.2. The van der Waals surface area contributed by atoms with Crippen LogP contribution < -0.4 is 20.7 Å². The number of cyclic esters (lactones) is 1. The van der Waals surface area contributed by atoms with Crippen LogP contribution in [0.15, 0.2) is 48.5 Å². The molecule has 3 rings (SSSR count). The lowest BCUT2D eigenvalue weighted by Crippen LogP contribution is -2.56. The topological polar surface area (TPSA) is 163 Å². The third-order valence-corrected chi connectivity index (χ3v) is 5.71. The SMILES string of the molecule is COc1ccc(C(=O)N[C@@H]2C(=O)NCC(=O)NC(Cc3ccc(O)cc3)[C@@H](O)CC(=O)O[C@@H]2C)cc1. The summed E-state index contributed by atoms with van der Waals surface area (Å²) in [5.41, 5.74) is 0.954. The van der Waals surface area contributed by atoms with Crippen molar-refractivity contribution in [3.63, 3.8) is 0 Å². The highest BCUT2D eigenvalue weighted by Gasteiger charge is 2.33. The van der Waals surface area contributed by atoms with E-state index in [4.69, 9.17) is 9.47 Å². The van der Waals surface area contributed by atoms with Gasteiger partial charge in [0.1, 0.15) is 23.6 Å². The molecular formula is C25H29N3O8. The summed E-state index contributed by atoms with van der Waals surface area (Å²) < 4.78 is 10.4. The number of aliphatic hydroxyl groups is 1. The summed E-state index contributed by atoms with van der Waals surface area (Å²) in [4.78, 5) is 50.6. The number of carbonyl (C=O) groups is 4. The molecule has 1 fully saturated rings. The molecule has 1 unspecified atom stereocenters. The maximum absolute atomic E-state index is 12.8. The Morgan fingerprint density at radius 1 is 1.11 bits per heavy atom. The molecule has 11 heteroatoms. The molecule has 2 aromatic carbocycles. The summed E-state index contributed by atoms with van der Waals surface area (Å²) in [5, 5.41) is 27.7. The van der Waals surface area contributed by atoms with Gasteiger partial charge in [0.05, 0.1) is 32.2 Å². The number of hydrogen-bond acceptors (Lipinski definition) is 8. The molecule has 4 atom stereocenters. The zero-order valence-electron chi connectivity index (χ0n) is 19.9. The van der Waals surface area contributed by atoms with Crippen LogP contribution in [0, 0.1) is 0 Å². The van der Waals surface area contributed by atoms with Gasteiger partial charge in [-0.25, -0.2) is 0 Å². The van der Waals surface area contributed by atoms with E-state index in [1.165, 1.54) is 38.3 Å². The maximum atomic E-state index is 12.8. The summed E-state index contributed by atoms with van der Waals surface area (Å²) >= 11 is 0. The van der Waals surface area contributed by atoms with Crippen molar-refractivity contribution in [1.82, 2.24) is 16.0 Å². The molecule has 3 amide bonds. The summed E-state index contributed by atoms with van der Waals surface area (Å²) in [5.74, 6) is -2.10. The van der Waals surface area contributed by atoms with Gasteiger partial charge in [0, 0.05) is 5.56 Å². The summed E-state index contributed by atoms with van der Waals surface area (Å²) in [6.07, 6.45) is -2.66. The number of esters is 1. The second-order valence-corrected chi connectivity index (χ2v) is 8.41. The van der Waals surface area contributed by atoms with Crippen LogP contribution >= 0.6 is 0 Å². The Morgan fingerprint density at radius 3 is 2.42 bits per heavy atom. The van der Waals surface area contributed by atoms with Crippen LogP contribution in [0.5, 0.6) is 11.5 Å². The van der Waals surface area contributed by atoms with Gasteiger partial charge in [0.25, 0.3) is 5.91 Å². The first-order valence-corrected chi connectivity index (χ1v) is 11.3. The van der Waals surface area contributed by atoms with Gasteiger partial charge in [0.15, 0.2) is 0 Å². The molecule has 0 aliphatic carbocycles. The van der Waals surface area contributed by atoms with E-state index in [9.17, 15) is 29.4 Å². The van der Waals surface area contributed by atoms with Crippen molar-refractivity contribution in [3.8, 4) is 11.5 Å². The fourth-order valence-corrected chi connectivity index (χ4v) is 3.70. The van der Waals surface area contributed by atoms with E-state index in [1.807, 2.05) is 0 Å². The maximum Gasteiger partial charge on any atom is 0.308 e. The van der Waals surface area contributed by atoms with E-state index in [1.54, 1.807) is 24.3 Å². The fourth-order valence-electron chi connectivity index (χ4n) is 3.70. The average molecular weight is 500 g/mol. The van der Waals surface area contributed by atoms with Crippen LogP contribution in [0.1, 0.15) is 29.3 Å². The minimum Gasteiger partial charge on any atom is -0.508 e. The normalized spacial score (nSPS) is 23.2. The number of aromatic hydroxyl groups is 1. The number of ether oxygens (including phenoxy) is 2. The zero-order chi connectivity index (χ0) is 26.2. The Kier molecular flexibility index (Phi) is 8.85. The van der Waals surface area contributed by atoms with Gasteiger partial charge in [-0.15, -0.1) is 0 Å². The third-order valence-electron chi connectivity index (χ3n) is 5.71. The number of amides is 3. The first-order valence-electron chi connectivity index (χ1n) is 11.3. The Labute approximate surface area is 207 Å². The third kappa shape index (κ3) is 7.19. The van der Waals surface area contributed by atoms with Crippen LogP contribution in [-0.2, 0) is 25.5 Å². The number of methoxy groups -OCH3 is 1. The molecular weight excluding hydrogens is 470 g/mol. The second-order valence-electron chi connectivity index (χ2n) is 8.41. The highest BCUT2D eigenvalue weighted by atomic mass is 16.5. The predicted octanol–water partition coefficient (Wildman–Crippen LogP) is 0.0392. The Balaban J connectivity index is 1.73. The molecule has 1 heterocycles. The molecule has 0 spiro atoms. The first kappa shape index (κ1) is 26.5. The van der Waals surface area contributed by atoms with Gasteiger partial charge in [-0.05, 0) is 55.3 Å². The van der Waals surface area contributed by atoms with Gasteiger partial charge in [-0.1, -0.05) is 12.1 Å². The van der Waals surface area contributed by atoms with E-state index in [0.717, 1.165) is 0 Å². The number of aliphatic hydroxyl groups excluding tert-OH is 1. The van der Waals surface area contributed by atoms with E-state index in [2.05, 4.69) is 16.0 Å². The molecule has 1 saturated heterocycles. The lowest BCUT2D eigenvalue weighted by molar-refractivity contribution is -0.154. The predicted molar refractivity (Wildman–Crippen MR) is 127 cm³/mol. The van der Waals surface area contributed by atoms with Crippen molar-refractivity contribution in [3.05, 3.63) is 59.7 Å². The van der Waals surface area contributed by atoms with Crippen LogP contribution in [0.2, 0.25) is 0 Å². The molecule has 2 aromatic rings. The van der Waals surface area contributed by atoms with Gasteiger partial charge in [0.2, 0.25) is 11.8 Å². The van der Waals surface area contributed by atoms with Crippen LogP contribution in [0.25, 0.3) is 0 Å². The van der Waals surface area contributed by atoms with Crippen molar-refractivity contribution in [2.45, 2.75) is 44.1 Å². The van der Waals surface area contributed by atoms with Crippen molar-refractivity contribution < 1.29 is 38.9 Å². The van der Waals surface area contributed by atoms with Gasteiger partial charge >= 0.3 is 5.97 Å². The Morgan fingerprint density at radius 2 is 1.78 bits per heavy atom. The summed E-state index contributed by atoms with van der Waals surface area (Å²) in [7, 11) is 1.49. The highest BCUT2D eigenvalue weighted by Crippen LogP contribution is 2.16. The number of carbonyl (C=O) groups excluding carboxylic acids is 4. The monoisotopic (exact) mass is 499 g/mol. The molecule has 36 heavy (non-hydrogen) atoms. The Hall–Kier alpha value is -4.12. The molecule has 11 nitrogen and oxygen atoms in total. The highest BCUT2D eigenvalue weighted by molar-refractivity contribution is 5.98. The van der Waals surface area contributed by atoms with Crippen molar-refractivity contribution in [2.24, 2.45) is 0 Å². The molecule has 1 aliphatic rings. The summed E-state index contributed by atoms with van der Waals surface area (Å²) in [6.45, 7) is 1.01. The van der Waals surface area contributed by atoms with E-state index < -0.39 is 60.9 Å². The molecule has 0 saturated carbocycles.